The second-order valence-electron chi connectivity index (χ2n) is 3.00. The normalized spacial score (nSPS) is 14.8. The van der Waals surface area contributed by atoms with Gasteiger partial charge in [0.25, 0.3) is 0 Å². The molecule has 0 aliphatic rings. The number of carbonyl (C=O) groups excluding carboxylic acids is 1. The van der Waals surface area contributed by atoms with E-state index >= 15 is 0 Å². The molecule has 1 atom stereocenters. The molecule has 0 spiro atoms. The summed E-state index contributed by atoms with van der Waals surface area (Å²) in [6, 6.07) is 0. The predicted octanol–water partition coefficient (Wildman–Crippen LogP) is 1.38. The smallest absolute Gasteiger partial charge is 0.417 e. The van der Waals surface area contributed by atoms with E-state index in [0.29, 0.717) is 6.92 Å². The lowest BCUT2D eigenvalue weighted by Crippen LogP contribution is -2.61. The Morgan fingerprint density at radius 3 is 2.50 bits per heavy atom. The van der Waals surface area contributed by atoms with Crippen LogP contribution in [-0.4, -0.2) is 37.9 Å². The van der Waals surface area contributed by atoms with Crippen LogP contribution < -0.4 is 5.32 Å². The van der Waals surface area contributed by atoms with E-state index in [4.69, 9.17) is 5.53 Å². The summed E-state index contributed by atoms with van der Waals surface area (Å²) >= 11 is 0. The summed E-state index contributed by atoms with van der Waals surface area (Å²) in [6.45, 7) is 0.184. The first-order chi connectivity index (χ1) is 7.29. The average Bonchev–Trinajstić information content (AvgIpc) is 2.21. The van der Waals surface area contributed by atoms with Gasteiger partial charge in [0.2, 0.25) is 5.54 Å². The zero-order valence-corrected chi connectivity index (χ0v) is 8.71. The van der Waals surface area contributed by atoms with E-state index in [1.165, 1.54) is 0 Å². The highest BCUT2D eigenvalue weighted by atomic mass is 19.4. The third-order valence-corrected chi connectivity index (χ3v) is 1.91. The Morgan fingerprint density at radius 1 is 1.56 bits per heavy atom. The molecular weight excluding hydrogens is 229 g/mol. The highest BCUT2D eigenvalue weighted by molar-refractivity contribution is 5.81. The van der Waals surface area contributed by atoms with Crippen LogP contribution in [0.2, 0.25) is 0 Å². The number of hydrogen-bond donors (Lipinski definition) is 1. The zero-order valence-electron chi connectivity index (χ0n) is 8.71. The van der Waals surface area contributed by atoms with Gasteiger partial charge in [-0.25, -0.2) is 4.79 Å². The van der Waals surface area contributed by atoms with Crippen molar-refractivity contribution in [1.82, 2.24) is 5.32 Å². The van der Waals surface area contributed by atoms with E-state index in [1.54, 1.807) is 0 Å². The van der Waals surface area contributed by atoms with Crippen molar-refractivity contribution in [3.63, 3.8) is 0 Å². The lowest BCUT2D eigenvalue weighted by Gasteiger charge is -2.29. The molecule has 0 saturated carbocycles. The van der Waals surface area contributed by atoms with Crippen LogP contribution in [-0.2, 0) is 9.53 Å². The standard InChI is InChI=1S/C7H11F3N4O2/c1-6(5(15)16-2,7(8,9)10)12-3-4-13-14-11/h12H,3-4H2,1-2H3. The Hall–Kier alpha value is -1.47. The van der Waals surface area contributed by atoms with Crippen molar-refractivity contribution in [2.24, 2.45) is 5.11 Å². The molecule has 1 unspecified atom stereocenters. The highest BCUT2D eigenvalue weighted by Crippen LogP contribution is 2.30. The highest BCUT2D eigenvalue weighted by Gasteiger charge is 2.57. The van der Waals surface area contributed by atoms with Gasteiger partial charge in [0.05, 0.1) is 7.11 Å². The Balaban J connectivity index is 4.69. The topological polar surface area (TPSA) is 87.1 Å². The van der Waals surface area contributed by atoms with Crippen LogP contribution in [0.25, 0.3) is 10.4 Å². The number of carbonyl (C=O) groups is 1. The van der Waals surface area contributed by atoms with Crippen LogP contribution >= 0.6 is 0 Å². The maximum absolute atomic E-state index is 12.6. The second-order valence-corrected chi connectivity index (χ2v) is 3.00. The van der Waals surface area contributed by atoms with Crippen molar-refractivity contribution < 1.29 is 22.7 Å². The molecule has 0 fully saturated rings. The molecule has 92 valence electrons. The van der Waals surface area contributed by atoms with Crippen molar-refractivity contribution in [2.45, 2.75) is 18.6 Å². The second kappa shape index (κ2) is 5.57. The fraction of sp³-hybridized carbons (Fsp3) is 0.857. The Bertz CT molecular complexity index is 300. The summed E-state index contributed by atoms with van der Waals surface area (Å²) in [5, 5.41) is 5.00. The van der Waals surface area contributed by atoms with Crippen molar-refractivity contribution in [1.29, 1.82) is 0 Å². The van der Waals surface area contributed by atoms with Crippen LogP contribution in [0.1, 0.15) is 6.92 Å². The Kier molecular flexibility index (Phi) is 5.06. The summed E-state index contributed by atoms with van der Waals surface area (Å²) in [7, 11) is 0.863. The van der Waals surface area contributed by atoms with Gasteiger partial charge in [0.15, 0.2) is 0 Å². The fourth-order valence-electron chi connectivity index (χ4n) is 0.893. The van der Waals surface area contributed by atoms with Crippen molar-refractivity contribution >= 4 is 5.97 Å². The molecule has 0 aromatic heterocycles. The first-order valence-corrected chi connectivity index (χ1v) is 4.20. The molecule has 0 bridgehead atoms. The molecule has 6 nitrogen and oxygen atoms in total. The average molecular weight is 240 g/mol. The van der Waals surface area contributed by atoms with Crippen LogP contribution in [0, 0.1) is 0 Å². The molecule has 0 radical (unpaired) electrons. The summed E-state index contributed by atoms with van der Waals surface area (Å²) in [4.78, 5) is 13.4. The summed E-state index contributed by atoms with van der Waals surface area (Å²) < 4.78 is 41.8. The van der Waals surface area contributed by atoms with Crippen LogP contribution in [0.4, 0.5) is 13.2 Å². The van der Waals surface area contributed by atoms with Crippen molar-refractivity contribution in [3.05, 3.63) is 10.4 Å². The molecular formula is C7H11F3N4O2. The lowest BCUT2D eigenvalue weighted by molar-refractivity contribution is -0.207. The summed E-state index contributed by atoms with van der Waals surface area (Å²) in [6.07, 6.45) is -4.80. The van der Waals surface area contributed by atoms with Gasteiger partial charge < -0.3 is 4.74 Å². The number of rotatable bonds is 5. The van der Waals surface area contributed by atoms with E-state index in [0.717, 1.165) is 7.11 Å². The molecule has 0 amide bonds. The van der Waals surface area contributed by atoms with Gasteiger partial charge in [0, 0.05) is 18.0 Å². The number of nitrogens with zero attached hydrogens (tertiary/aromatic N) is 3. The maximum Gasteiger partial charge on any atom is 0.417 e. The Labute approximate surface area is 89.4 Å². The minimum absolute atomic E-state index is 0.195. The fourth-order valence-corrected chi connectivity index (χ4v) is 0.893. The molecule has 1 N–H and O–H groups in total. The molecule has 9 heteroatoms. The maximum atomic E-state index is 12.6. The molecule has 0 aromatic carbocycles. The largest absolute Gasteiger partial charge is 0.467 e. The number of esters is 1. The predicted molar refractivity (Wildman–Crippen MR) is 48.5 cm³/mol. The first-order valence-electron chi connectivity index (χ1n) is 4.20. The number of azide groups is 1. The molecule has 0 rings (SSSR count). The van der Waals surface area contributed by atoms with Gasteiger partial charge in [-0.1, -0.05) is 5.11 Å². The van der Waals surface area contributed by atoms with Gasteiger partial charge in [-0.2, -0.15) is 13.2 Å². The quantitative estimate of drug-likeness (QED) is 0.259. The number of ether oxygens (including phenoxy) is 1. The third-order valence-electron chi connectivity index (χ3n) is 1.91. The van der Waals surface area contributed by atoms with Crippen molar-refractivity contribution in [3.8, 4) is 0 Å². The number of methoxy groups -OCH3 is 1. The summed E-state index contributed by atoms with van der Waals surface area (Å²) in [5.74, 6) is -1.44. The minimum atomic E-state index is -4.80. The molecule has 0 aromatic rings. The first kappa shape index (κ1) is 14.5. The Morgan fingerprint density at radius 2 is 2.12 bits per heavy atom. The van der Waals surface area contributed by atoms with E-state index < -0.39 is 17.7 Å². The van der Waals surface area contributed by atoms with Crippen LogP contribution in [0.3, 0.4) is 0 Å². The molecule has 0 saturated heterocycles. The molecule has 0 aliphatic carbocycles. The van der Waals surface area contributed by atoms with Crippen molar-refractivity contribution in [2.75, 3.05) is 20.2 Å². The minimum Gasteiger partial charge on any atom is -0.467 e. The molecule has 0 heterocycles. The number of halogens is 3. The third kappa shape index (κ3) is 3.28. The van der Waals surface area contributed by atoms with Crippen LogP contribution in [0.15, 0.2) is 5.11 Å². The molecule has 0 aliphatic heterocycles. The lowest BCUT2D eigenvalue weighted by atomic mass is 10.0. The number of alkyl halides is 3. The van der Waals surface area contributed by atoms with Gasteiger partial charge in [-0.05, 0) is 12.5 Å². The van der Waals surface area contributed by atoms with E-state index in [2.05, 4.69) is 14.8 Å². The zero-order chi connectivity index (χ0) is 12.8. The molecule has 16 heavy (non-hydrogen) atoms. The number of hydrogen-bond acceptors (Lipinski definition) is 4. The van der Waals surface area contributed by atoms with Gasteiger partial charge >= 0.3 is 12.1 Å². The monoisotopic (exact) mass is 240 g/mol. The number of nitrogens with one attached hydrogen (secondary N) is 1. The SMILES string of the molecule is COC(=O)C(C)(NCCN=[N+]=[N-])C(F)(F)F. The van der Waals surface area contributed by atoms with E-state index in [1.807, 2.05) is 5.32 Å². The summed E-state index contributed by atoms with van der Waals surface area (Å²) in [5.41, 5.74) is 5.13. The van der Waals surface area contributed by atoms with Gasteiger partial charge in [-0.3, -0.25) is 5.32 Å². The van der Waals surface area contributed by atoms with Gasteiger partial charge in [0.1, 0.15) is 0 Å². The van der Waals surface area contributed by atoms with Crippen LogP contribution in [0.5, 0.6) is 0 Å². The van der Waals surface area contributed by atoms with E-state index in [9.17, 15) is 18.0 Å². The van der Waals surface area contributed by atoms with E-state index in [-0.39, 0.29) is 13.1 Å². The van der Waals surface area contributed by atoms with Gasteiger partial charge in [-0.15, -0.1) is 0 Å².